The fourth-order valence-electron chi connectivity index (χ4n) is 1.47. The molecule has 2 aromatic rings. The highest BCUT2D eigenvalue weighted by molar-refractivity contribution is 6.30. The summed E-state index contributed by atoms with van der Waals surface area (Å²) < 4.78 is 5.51. The van der Waals surface area contributed by atoms with E-state index in [1.54, 1.807) is 43.3 Å². The molecule has 0 saturated heterocycles. The van der Waals surface area contributed by atoms with E-state index in [2.05, 4.69) is 4.98 Å². The van der Waals surface area contributed by atoms with Crippen LogP contribution in [0, 0.1) is 0 Å². The second kappa shape index (κ2) is 5.71. The molecule has 19 heavy (non-hydrogen) atoms. The number of carboxylic acid groups (broad SMARTS) is 1. The molecule has 1 atom stereocenters. The van der Waals surface area contributed by atoms with Crippen LogP contribution in [-0.2, 0) is 4.79 Å². The molecule has 0 saturated carbocycles. The molecule has 1 heterocycles. The normalized spacial score (nSPS) is 11.9. The topological polar surface area (TPSA) is 59.4 Å². The summed E-state index contributed by atoms with van der Waals surface area (Å²) >= 11 is 5.77. The molecule has 0 aliphatic rings. The zero-order chi connectivity index (χ0) is 13.8. The number of aliphatic carboxylic acids is 1. The first-order valence-corrected chi connectivity index (χ1v) is 6.06. The van der Waals surface area contributed by atoms with Gasteiger partial charge in [-0.25, -0.2) is 4.98 Å². The molecule has 1 aromatic carbocycles. The third-order valence-electron chi connectivity index (χ3n) is 2.67. The molecular formula is C14H12ClNO3. The molecule has 1 N–H and O–H groups in total. The predicted molar refractivity (Wildman–Crippen MR) is 71.8 cm³/mol. The number of aromatic nitrogens is 1. The average molecular weight is 278 g/mol. The maximum atomic E-state index is 10.8. The van der Waals surface area contributed by atoms with Crippen LogP contribution in [0.3, 0.4) is 0 Å². The van der Waals surface area contributed by atoms with Gasteiger partial charge in [-0.15, -0.1) is 0 Å². The van der Waals surface area contributed by atoms with E-state index in [-0.39, 0.29) is 0 Å². The lowest BCUT2D eigenvalue weighted by atomic mass is 10.0. The van der Waals surface area contributed by atoms with Crippen LogP contribution in [0.2, 0.25) is 5.02 Å². The Morgan fingerprint density at radius 1 is 1.26 bits per heavy atom. The summed E-state index contributed by atoms with van der Waals surface area (Å²) in [6.45, 7) is 1.61. The van der Waals surface area contributed by atoms with E-state index in [0.717, 1.165) is 0 Å². The molecule has 98 valence electrons. The first-order chi connectivity index (χ1) is 9.06. The first kappa shape index (κ1) is 13.4. The van der Waals surface area contributed by atoms with Crippen molar-refractivity contribution in [1.29, 1.82) is 0 Å². The maximum absolute atomic E-state index is 10.8. The van der Waals surface area contributed by atoms with Gasteiger partial charge in [0.25, 0.3) is 0 Å². The molecule has 0 spiro atoms. The molecular weight excluding hydrogens is 266 g/mol. The molecule has 0 fully saturated rings. The van der Waals surface area contributed by atoms with Gasteiger partial charge in [0.05, 0.1) is 5.92 Å². The summed E-state index contributed by atoms with van der Waals surface area (Å²) in [5.74, 6) is -0.440. The Bertz CT molecular complexity index is 566. The highest BCUT2D eigenvalue weighted by atomic mass is 35.5. The van der Waals surface area contributed by atoms with Gasteiger partial charge in [-0.3, -0.25) is 4.79 Å². The van der Waals surface area contributed by atoms with Gasteiger partial charge in [-0.05, 0) is 36.8 Å². The van der Waals surface area contributed by atoms with Crippen LogP contribution in [0.15, 0.2) is 42.6 Å². The number of pyridine rings is 1. The van der Waals surface area contributed by atoms with Gasteiger partial charge in [-0.2, -0.15) is 0 Å². The van der Waals surface area contributed by atoms with E-state index in [1.165, 1.54) is 6.20 Å². The molecule has 4 nitrogen and oxygen atoms in total. The maximum Gasteiger partial charge on any atom is 0.310 e. The minimum absolute atomic E-state index is 0.406. The van der Waals surface area contributed by atoms with E-state index in [9.17, 15) is 4.79 Å². The standard InChI is InChI=1S/C14H12ClNO3/c1-9(14(17)18)10-2-7-13(16-8-10)19-12-5-3-11(15)4-6-12/h2-9H,1H3,(H,17,18). The first-order valence-electron chi connectivity index (χ1n) is 5.68. The van der Waals surface area contributed by atoms with Crippen LogP contribution in [0.25, 0.3) is 0 Å². The van der Waals surface area contributed by atoms with Gasteiger partial charge >= 0.3 is 5.97 Å². The lowest BCUT2D eigenvalue weighted by molar-refractivity contribution is -0.138. The molecule has 2 rings (SSSR count). The Hall–Kier alpha value is -2.07. The fraction of sp³-hybridized carbons (Fsp3) is 0.143. The van der Waals surface area contributed by atoms with Crippen molar-refractivity contribution in [3.63, 3.8) is 0 Å². The minimum Gasteiger partial charge on any atom is -0.481 e. The number of nitrogens with zero attached hydrogens (tertiary/aromatic N) is 1. The highest BCUT2D eigenvalue weighted by Gasteiger charge is 2.13. The number of rotatable bonds is 4. The molecule has 0 aliphatic heterocycles. The van der Waals surface area contributed by atoms with Crippen LogP contribution >= 0.6 is 11.6 Å². The second-order valence-electron chi connectivity index (χ2n) is 4.05. The van der Waals surface area contributed by atoms with Gasteiger partial charge in [-0.1, -0.05) is 17.7 Å². The minimum atomic E-state index is -0.881. The number of hydrogen-bond acceptors (Lipinski definition) is 3. The fourth-order valence-corrected chi connectivity index (χ4v) is 1.60. The van der Waals surface area contributed by atoms with Crippen molar-refractivity contribution in [2.75, 3.05) is 0 Å². The lowest BCUT2D eigenvalue weighted by Crippen LogP contribution is -2.07. The van der Waals surface area contributed by atoms with Crippen molar-refractivity contribution in [2.45, 2.75) is 12.8 Å². The SMILES string of the molecule is CC(C(=O)O)c1ccc(Oc2ccc(Cl)cc2)nc1. The largest absolute Gasteiger partial charge is 0.481 e. The summed E-state index contributed by atoms with van der Waals surface area (Å²) in [4.78, 5) is 14.9. The zero-order valence-electron chi connectivity index (χ0n) is 10.2. The van der Waals surface area contributed by atoms with Gasteiger partial charge in [0, 0.05) is 17.3 Å². The van der Waals surface area contributed by atoms with Gasteiger partial charge in [0.2, 0.25) is 5.88 Å². The van der Waals surface area contributed by atoms with Crippen LogP contribution in [-0.4, -0.2) is 16.1 Å². The zero-order valence-corrected chi connectivity index (χ0v) is 11.0. The highest BCUT2D eigenvalue weighted by Crippen LogP contribution is 2.23. The monoisotopic (exact) mass is 277 g/mol. The Labute approximate surface area is 115 Å². The van der Waals surface area contributed by atoms with Crippen molar-refractivity contribution in [2.24, 2.45) is 0 Å². The van der Waals surface area contributed by atoms with Crippen LogP contribution in [0.1, 0.15) is 18.4 Å². The summed E-state index contributed by atoms with van der Waals surface area (Å²) in [5, 5.41) is 9.52. The van der Waals surface area contributed by atoms with E-state index >= 15 is 0 Å². The number of carbonyl (C=O) groups is 1. The van der Waals surface area contributed by atoms with Crippen molar-refractivity contribution in [3.05, 3.63) is 53.2 Å². The Morgan fingerprint density at radius 3 is 2.47 bits per heavy atom. The molecule has 0 amide bonds. The second-order valence-corrected chi connectivity index (χ2v) is 4.48. The van der Waals surface area contributed by atoms with Crippen molar-refractivity contribution >= 4 is 17.6 Å². The van der Waals surface area contributed by atoms with Crippen LogP contribution in [0.5, 0.6) is 11.6 Å². The van der Waals surface area contributed by atoms with Gasteiger partial charge in [0.15, 0.2) is 0 Å². The van der Waals surface area contributed by atoms with Gasteiger partial charge in [0.1, 0.15) is 5.75 Å². The Balaban J connectivity index is 2.10. The number of halogens is 1. The quantitative estimate of drug-likeness (QED) is 0.925. The van der Waals surface area contributed by atoms with Crippen molar-refractivity contribution in [3.8, 4) is 11.6 Å². The number of carboxylic acids is 1. The lowest BCUT2D eigenvalue weighted by Gasteiger charge is -2.08. The van der Waals surface area contributed by atoms with Crippen molar-refractivity contribution < 1.29 is 14.6 Å². The predicted octanol–water partition coefficient (Wildman–Crippen LogP) is 3.72. The summed E-state index contributed by atoms with van der Waals surface area (Å²) in [7, 11) is 0. The molecule has 0 radical (unpaired) electrons. The number of ether oxygens (including phenoxy) is 1. The van der Waals surface area contributed by atoms with Crippen LogP contribution < -0.4 is 4.74 Å². The van der Waals surface area contributed by atoms with E-state index in [1.807, 2.05) is 0 Å². The van der Waals surface area contributed by atoms with Gasteiger partial charge < -0.3 is 9.84 Å². The van der Waals surface area contributed by atoms with Crippen LogP contribution in [0.4, 0.5) is 0 Å². The van der Waals surface area contributed by atoms with Crippen molar-refractivity contribution in [1.82, 2.24) is 4.98 Å². The Kier molecular flexibility index (Phi) is 4.02. The molecule has 1 unspecified atom stereocenters. The number of hydrogen-bond donors (Lipinski definition) is 1. The smallest absolute Gasteiger partial charge is 0.310 e. The molecule has 0 bridgehead atoms. The summed E-state index contributed by atoms with van der Waals surface area (Å²) in [6.07, 6.45) is 1.50. The molecule has 0 aliphatic carbocycles. The summed E-state index contributed by atoms with van der Waals surface area (Å²) in [6, 6.07) is 10.2. The number of benzene rings is 1. The molecule has 5 heteroatoms. The summed E-state index contributed by atoms with van der Waals surface area (Å²) in [5.41, 5.74) is 0.635. The Morgan fingerprint density at radius 2 is 1.95 bits per heavy atom. The molecule has 1 aromatic heterocycles. The van der Waals surface area contributed by atoms with E-state index < -0.39 is 11.9 Å². The third-order valence-corrected chi connectivity index (χ3v) is 2.92. The average Bonchev–Trinajstić information content (AvgIpc) is 2.41. The van der Waals surface area contributed by atoms with E-state index in [0.29, 0.717) is 22.2 Å². The third kappa shape index (κ3) is 3.45. The van der Waals surface area contributed by atoms with E-state index in [4.69, 9.17) is 21.4 Å².